The first-order valence-electron chi connectivity index (χ1n) is 5.12. The zero-order valence-corrected chi connectivity index (χ0v) is 8.41. The molecule has 2 N–H and O–H groups in total. The van der Waals surface area contributed by atoms with Gasteiger partial charge in [-0.1, -0.05) is 26.0 Å². The molecule has 0 radical (unpaired) electrons. The molecule has 0 aromatic heterocycles. The molecule has 1 amide bonds. The van der Waals surface area contributed by atoms with Gasteiger partial charge in [-0.3, -0.25) is 5.32 Å². The van der Waals surface area contributed by atoms with Gasteiger partial charge in [-0.25, -0.2) is 4.79 Å². The van der Waals surface area contributed by atoms with Crippen LogP contribution in [-0.2, 0) is 0 Å². The number of amides is 1. The summed E-state index contributed by atoms with van der Waals surface area (Å²) in [4.78, 5) is 10.7. The zero-order valence-electron chi connectivity index (χ0n) is 9.41. The summed E-state index contributed by atoms with van der Waals surface area (Å²) >= 11 is 0. The maximum Gasteiger partial charge on any atom is 0.409 e. The van der Waals surface area contributed by atoms with E-state index in [4.69, 9.17) is 1.43 Å². The van der Waals surface area contributed by atoms with Crippen LogP contribution >= 0.6 is 0 Å². The van der Waals surface area contributed by atoms with E-state index in [1.54, 1.807) is 12.1 Å². The van der Waals surface area contributed by atoms with E-state index in [0.29, 0.717) is 11.6 Å². The number of carboxylic acid groups (broad SMARTS) is 1. The van der Waals surface area contributed by atoms with Gasteiger partial charge in [0.2, 0.25) is 0 Å². The van der Waals surface area contributed by atoms with E-state index < -0.39 is 6.09 Å². The summed E-state index contributed by atoms with van der Waals surface area (Å²) in [5.74, 6) is 0.516. The standard InChI is InChI=1S/C11H15NO2/c1-3-8(2)9-4-6-10(7-5-9)12-11(13)14/h4-8,12H,3H2,1-2H3,(H,13,14)/i/hT. The minimum Gasteiger partial charge on any atom is -0.465 e. The number of hydrogen-bond acceptors (Lipinski definition) is 2. The molecule has 0 saturated heterocycles. The Labute approximate surface area is 85.3 Å². The van der Waals surface area contributed by atoms with Crippen LogP contribution in [0.15, 0.2) is 24.3 Å². The predicted octanol–water partition coefficient (Wildman–Crippen LogP) is 3.29. The smallest absolute Gasteiger partial charge is 0.409 e. The molecule has 1 rings (SSSR count). The number of nitrogens with one attached hydrogen (secondary N) is 1. The number of carbonyl (C=O) groups is 1. The van der Waals surface area contributed by atoms with E-state index in [2.05, 4.69) is 24.3 Å². The fourth-order valence-electron chi connectivity index (χ4n) is 1.25. The minimum atomic E-state index is -0.772. The third-order valence-electron chi connectivity index (χ3n) is 2.34. The van der Waals surface area contributed by atoms with Crippen molar-refractivity contribution in [3.05, 3.63) is 29.8 Å². The predicted molar refractivity (Wildman–Crippen MR) is 56.8 cm³/mol. The highest BCUT2D eigenvalue weighted by Gasteiger charge is 2.03. The van der Waals surface area contributed by atoms with E-state index >= 15 is 0 Å². The highest BCUT2D eigenvalue weighted by atomic mass is 16.4. The minimum absolute atomic E-state index is 0.516. The van der Waals surface area contributed by atoms with Crippen LogP contribution in [0.1, 0.15) is 31.7 Å². The van der Waals surface area contributed by atoms with Gasteiger partial charge < -0.3 is 5.11 Å². The van der Waals surface area contributed by atoms with Crippen LogP contribution in [0, 0.1) is 0 Å². The van der Waals surface area contributed by atoms with E-state index in [-0.39, 0.29) is 0 Å². The highest BCUT2D eigenvalue weighted by Crippen LogP contribution is 2.20. The van der Waals surface area contributed by atoms with Gasteiger partial charge >= 0.3 is 6.09 Å². The van der Waals surface area contributed by atoms with Crippen LogP contribution in [-0.4, -0.2) is 11.2 Å². The molecule has 3 nitrogen and oxygen atoms in total. The van der Waals surface area contributed by atoms with Gasteiger partial charge in [0.25, 0.3) is 1.43 Å². The van der Waals surface area contributed by atoms with Crippen molar-refractivity contribution in [2.24, 2.45) is 0 Å². The van der Waals surface area contributed by atoms with E-state index in [0.717, 1.165) is 6.42 Å². The maximum absolute atomic E-state index is 10.7. The largest absolute Gasteiger partial charge is 0.465 e. The lowest BCUT2D eigenvalue weighted by Crippen LogP contribution is -2.07. The molecule has 0 saturated carbocycles. The molecular weight excluding hydrogens is 178 g/mol. The second kappa shape index (κ2) is 4.65. The van der Waals surface area contributed by atoms with Crippen molar-refractivity contribution in [2.75, 3.05) is 5.32 Å². The van der Waals surface area contributed by atoms with Crippen molar-refractivity contribution in [3.8, 4) is 0 Å². The fraction of sp³-hybridized carbons (Fsp3) is 0.364. The average molecular weight is 195 g/mol. The van der Waals surface area contributed by atoms with Crippen LogP contribution in [0.4, 0.5) is 10.5 Å². The summed E-state index contributed by atoms with van der Waals surface area (Å²) < 4.78 is 6.39. The first-order valence-corrected chi connectivity index (χ1v) is 4.71. The van der Waals surface area contributed by atoms with Crippen LogP contribution in [0.3, 0.4) is 0 Å². The van der Waals surface area contributed by atoms with Gasteiger partial charge in [0.15, 0.2) is 0 Å². The van der Waals surface area contributed by atoms with Crippen LogP contribution in [0.2, 0.25) is 0 Å². The van der Waals surface area contributed by atoms with Gasteiger partial charge in [-0.05, 0) is 30.0 Å². The molecule has 1 aromatic carbocycles. The van der Waals surface area contributed by atoms with Crippen LogP contribution < -0.4 is 5.32 Å². The molecular formula is C11H15NO2. The molecule has 0 aliphatic carbocycles. The lowest BCUT2D eigenvalue weighted by Gasteiger charge is -2.09. The number of hydrogen-bond donors (Lipinski definition) is 2. The Kier molecular flexibility index (Phi) is 3.01. The van der Waals surface area contributed by atoms with Crippen molar-refractivity contribution in [3.63, 3.8) is 0 Å². The summed E-state index contributed by atoms with van der Waals surface area (Å²) in [6.07, 6.45) is 0.313. The van der Waals surface area contributed by atoms with Gasteiger partial charge in [-0.15, -0.1) is 0 Å². The summed E-state index contributed by atoms with van der Waals surface area (Å²) in [6.45, 7) is 4.29. The Hall–Kier alpha value is -1.51. The monoisotopic (exact) mass is 195 g/mol. The van der Waals surface area contributed by atoms with Gasteiger partial charge in [0.1, 0.15) is 0 Å². The van der Waals surface area contributed by atoms with Crippen molar-refractivity contribution >= 4 is 11.8 Å². The van der Waals surface area contributed by atoms with E-state index in [9.17, 15) is 4.79 Å². The first-order chi connectivity index (χ1) is 7.17. The third kappa shape index (κ3) is 2.76. The molecule has 0 heterocycles. The van der Waals surface area contributed by atoms with Crippen molar-refractivity contribution in [1.82, 2.24) is 0 Å². The Balaban J connectivity index is 2.68. The zero-order chi connectivity index (χ0) is 11.3. The second-order valence-electron chi connectivity index (χ2n) is 3.34. The summed E-state index contributed by atoms with van der Waals surface area (Å²) in [6, 6.07) is 7.54. The normalized spacial score (nSPS) is 12.9. The maximum atomic E-state index is 10.7. The van der Waals surface area contributed by atoms with Crippen molar-refractivity contribution in [2.45, 2.75) is 26.2 Å². The molecule has 0 bridgehead atoms. The summed E-state index contributed by atoms with van der Waals surface area (Å²) in [5.41, 5.74) is 1.88. The Bertz CT molecular complexity index is 324. The molecule has 76 valence electrons. The van der Waals surface area contributed by atoms with Gasteiger partial charge in [0, 0.05) is 5.69 Å². The second-order valence-corrected chi connectivity index (χ2v) is 3.34. The average Bonchev–Trinajstić information content (AvgIpc) is 2.29. The molecule has 0 spiro atoms. The first kappa shape index (κ1) is 9.06. The summed E-state index contributed by atoms with van der Waals surface area (Å²) in [7, 11) is 0. The van der Waals surface area contributed by atoms with E-state index in [1.807, 2.05) is 12.1 Å². The molecule has 0 fully saturated rings. The Morgan fingerprint density at radius 1 is 1.57 bits per heavy atom. The van der Waals surface area contributed by atoms with Crippen LogP contribution in [0.25, 0.3) is 1.43 Å². The lowest BCUT2D eigenvalue weighted by molar-refractivity contribution is 0.210. The van der Waals surface area contributed by atoms with Crippen molar-refractivity contribution < 1.29 is 9.90 Å². The van der Waals surface area contributed by atoms with Crippen molar-refractivity contribution in [1.29, 1.82) is 1.43 Å². The van der Waals surface area contributed by atoms with Gasteiger partial charge in [0.05, 0.1) is 0 Å². The van der Waals surface area contributed by atoms with Crippen LogP contribution in [0.5, 0.6) is 0 Å². The van der Waals surface area contributed by atoms with E-state index in [1.165, 1.54) is 5.56 Å². The topological polar surface area (TPSA) is 49.3 Å². The summed E-state index contributed by atoms with van der Waals surface area (Å²) in [5, 5.41) is 6.18. The molecule has 14 heavy (non-hydrogen) atoms. The molecule has 1 unspecified atom stereocenters. The number of anilines is 1. The van der Waals surface area contributed by atoms with Gasteiger partial charge in [-0.2, -0.15) is 0 Å². The number of benzene rings is 1. The Morgan fingerprint density at radius 2 is 2.21 bits per heavy atom. The lowest BCUT2D eigenvalue weighted by atomic mass is 9.99. The number of rotatable bonds is 3. The third-order valence-corrected chi connectivity index (χ3v) is 2.34. The molecule has 3 heteroatoms. The fourth-order valence-corrected chi connectivity index (χ4v) is 1.25. The molecule has 0 aliphatic rings. The highest BCUT2D eigenvalue weighted by molar-refractivity contribution is 5.82. The SMILES string of the molecule is [3H]OC(=O)Nc1ccc(C(C)CC)cc1. The molecule has 0 aliphatic heterocycles. The molecule has 1 atom stereocenters. The Morgan fingerprint density at radius 3 is 2.71 bits per heavy atom. The molecule has 1 aromatic rings. The quantitative estimate of drug-likeness (QED) is 0.777.